The van der Waals surface area contributed by atoms with Gasteiger partial charge in [0.25, 0.3) is 0 Å². The van der Waals surface area contributed by atoms with Crippen LogP contribution in [0.2, 0.25) is 0 Å². The second kappa shape index (κ2) is 11.0. The molecule has 0 atom stereocenters. The van der Waals surface area contributed by atoms with Crippen molar-refractivity contribution in [1.29, 1.82) is 0 Å². The van der Waals surface area contributed by atoms with Gasteiger partial charge in [-0.15, -0.1) is 0 Å². The fourth-order valence-corrected chi connectivity index (χ4v) is 4.53. The number of aromatic nitrogens is 3. The van der Waals surface area contributed by atoms with Crippen molar-refractivity contribution in [2.24, 2.45) is 4.99 Å². The molecular formula is C27H33N7. The maximum atomic E-state index is 4.61. The van der Waals surface area contributed by atoms with Gasteiger partial charge in [-0.3, -0.25) is 4.99 Å². The Bertz CT molecular complexity index is 1170. The van der Waals surface area contributed by atoms with Gasteiger partial charge in [0.2, 0.25) is 0 Å². The van der Waals surface area contributed by atoms with Crippen molar-refractivity contribution >= 4 is 28.8 Å². The first-order valence-corrected chi connectivity index (χ1v) is 12.4. The van der Waals surface area contributed by atoms with Gasteiger partial charge >= 0.3 is 0 Å². The summed E-state index contributed by atoms with van der Waals surface area (Å²) >= 11 is 0. The van der Waals surface area contributed by atoms with Gasteiger partial charge in [-0.1, -0.05) is 12.1 Å². The van der Waals surface area contributed by atoms with E-state index in [1.165, 1.54) is 32.1 Å². The summed E-state index contributed by atoms with van der Waals surface area (Å²) in [5.41, 5.74) is 5.07. The zero-order valence-electron chi connectivity index (χ0n) is 19.6. The minimum atomic E-state index is 0.865. The van der Waals surface area contributed by atoms with E-state index in [9.17, 15) is 0 Å². The third kappa shape index (κ3) is 5.47. The van der Waals surface area contributed by atoms with Crippen molar-refractivity contribution in [3.63, 3.8) is 0 Å². The Morgan fingerprint density at radius 1 is 0.912 bits per heavy atom. The first-order valence-electron chi connectivity index (χ1n) is 12.4. The predicted octanol–water partition coefficient (Wildman–Crippen LogP) is 5.27. The van der Waals surface area contributed by atoms with Crippen LogP contribution < -0.4 is 15.5 Å². The van der Waals surface area contributed by atoms with Gasteiger partial charge in [0.1, 0.15) is 17.8 Å². The third-order valence-corrected chi connectivity index (χ3v) is 6.37. The van der Waals surface area contributed by atoms with Gasteiger partial charge in [-0.2, -0.15) is 0 Å². The number of aromatic amines is 1. The Balaban J connectivity index is 1.33. The van der Waals surface area contributed by atoms with Crippen LogP contribution in [0.3, 0.4) is 0 Å². The molecule has 0 radical (unpaired) electrons. The smallest absolute Gasteiger partial charge is 0.143 e. The van der Waals surface area contributed by atoms with E-state index in [1.807, 2.05) is 24.6 Å². The molecular weight excluding hydrogens is 422 g/mol. The molecule has 0 aliphatic carbocycles. The van der Waals surface area contributed by atoms with E-state index in [0.717, 1.165) is 72.1 Å². The van der Waals surface area contributed by atoms with Gasteiger partial charge in [-0.05, 0) is 80.6 Å². The number of nitrogens with zero attached hydrogens (tertiary/aromatic N) is 4. The summed E-state index contributed by atoms with van der Waals surface area (Å²) in [4.78, 5) is 19.6. The predicted molar refractivity (Wildman–Crippen MR) is 141 cm³/mol. The number of fused-ring (bicyclic) bond motifs is 1. The highest BCUT2D eigenvalue weighted by molar-refractivity contribution is 5.92. The molecule has 1 fully saturated rings. The SMILES string of the molecule is C1=NCCCCCN/C=C/C=C\1Nc1ccc(-c2cc3c(N4CCCCC4)ncnc3[nH]2)cc1. The molecule has 34 heavy (non-hydrogen) atoms. The average molecular weight is 456 g/mol. The number of benzene rings is 1. The normalized spacial score (nSPS) is 20.0. The highest BCUT2D eigenvalue weighted by Crippen LogP contribution is 2.30. The molecule has 0 saturated carbocycles. The van der Waals surface area contributed by atoms with Crippen molar-refractivity contribution in [3.05, 3.63) is 60.7 Å². The molecule has 7 heteroatoms. The molecule has 2 aliphatic rings. The van der Waals surface area contributed by atoms with Gasteiger partial charge in [-0.25, -0.2) is 9.97 Å². The molecule has 3 aromatic rings. The Morgan fingerprint density at radius 2 is 1.76 bits per heavy atom. The standard InChI is InChI=1S/C27H33N7/c1-3-13-28-15-7-8-23(19-29-14-4-1)32-22-11-9-21(10-12-22)25-18-24-26(33-25)30-20-31-27(24)34-16-5-2-6-17-34/h7-12,15,18-20,28,32H,1-6,13-14,16-17H2,(H,30,31,33)/b15-7+,23-8+,29-19?. The summed E-state index contributed by atoms with van der Waals surface area (Å²) in [6.07, 6.45) is 16.9. The van der Waals surface area contributed by atoms with E-state index < -0.39 is 0 Å². The molecule has 176 valence electrons. The second-order valence-electron chi connectivity index (χ2n) is 8.92. The summed E-state index contributed by atoms with van der Waals surface area (Å²) in [5.74, 6) is 1.04. The molecule has 1 saturated heterocycles. The molecule has 0 amide bonds. The lowest BCUT2D eigenvalue weighted by Crippen LogP contribution is -2.30. The molecule has 7 nitrogen and oxygen atoms in total. The minimum absolute atomic E-state index is 0.865. The maximum absolute atomic E-state index is 4.61. The van der Waals surface area contributed by atoms with Crippen LogP contribution in [-0.2, 0) is 0 Å². The van der Waals surface area contributed by atoms with E-state index in [2.05, 4.69) is 65.8 Å². The van der Waals surface area contributed by atoms with Crippen LogP contribution >= 0.6 is 0 Å². The van der Waals surface area contributed by atoms with E-state index in [0.29, 0.717) is 0 Å². The first kappa shape index (κ1) is 22.2. The second-order valence-corrected chi connectivity index (χ2v) is 8.92. The van der Waals surface area contributed by atoms with Crippen LogP contribution in [0, 0.1) is 0 Å². The molecule has 0 bridgehead atoms. The minimum Gasteiger partial charge on any atom is -0.391 e. The van der Waals surface area contributed by atoms with Crippen LogP contribution in [0.25, 0.3) is 22.3 Å². The van der Waals surface area contributed by atoms with Crippen molar-refractivity contribution in [3.8, 4) is 11.3 Å². The van der Waals surface area contributed by atoms with E-state index in [4.69, 9.17) is 0 Å². The number of H-pyrrole nitrogens is 1. The highest BCUT2D eigenvalue weighted by Gasteiger charge is 2.17. The fraction of sp³-hybridized carbons (Fsp3) is 0.370. The summed E-state index contributed by atoms with van der Waals surface area (Å²) < 4.78 is 0. The maximum Gasteiger partial charge on any atom is 0.143 e. The zero-order chi connectivity index (χ0) is 23.0. The van der Waals surface area contributed by atoms with E-state index in [-0.39, 0.29) is 0 Å². The van der Waals surface area contributed by atoms with Crippen LogP contribution in [0.4, 0.5) is 11.5 Å². The number of aliphatic imine (C=N–C) groups is 1. The van der Waals surface area contributed by atoms with Crippen molar-refractivity contribution in [1.82, 2.24) is 20.3 Å². The van der Waals surface area contributed by atoms with Gasteiger partial charge < -0.3 is 20.5 Å². The van der Waals surface area contributed by atoms with Gasteiger partial charge in [0, 0.05) is 43.8 Å². The van der Waals surface area contributed by atoms with Crippen molar-refractivity contribution < 1.29 is 0 Å². The van der Waals surface area contributed by atoms with Crippen LogP contribution in [0.5, 0.6) is 0 Å². The lowest BCUT2D eigenvalue weighted by atomic mass is 10.1. The Kier molecular flexibility index (Phi) is 7.19. The van der Waals surface area contributed by atoms with Crippen LogP contribution in [0.15, 0.2) is 65.7 Å². The topological polar surface area (TPSA) is 81.2 Å². The summed E-state index contributed by atoms with van der Waals surface area (Å²) in [6.45, 7) is 4.01. The Morgan fingerprint density at radius 3 is 2.65 bits per heavy atom. The van der Waals surface area contributed by atoms with Crippen molar-refractivity contribution in [2.45, 2.75) is 38.5 Å². The Labute approximate surface area is 201 Å². The summed E-state index contributed by atoms with van der Waals surface area (Å²) in [6, 6.07) is 10.6. The molecule has 2 aliphatic heterocycles. The molecule has 1 aromatic carbocycles. The number of anilines is 2. The number of hydrogen-bond acceptors (Lipinski definition) is 6. The molecule has 5 rings (SSSR count). The lowest BCUT2D eigenvalue weighted by molar-refractivity contribution is 0.574. The molecule has 4 heterocycles. The number of nitrogens with one attached hydrogen (secondary N) is 3. The number of piperidine rings is 1. The number of hydrogen-bond donors (Lipinski definition) is 3. The summed E-state index contributed by atoms with van der Waals surface area (Å²) in [7, 11) is 0. The van der Waals surface area contributed by atoms with E-state index in [1.54, 1.807) is 6.33 Å². The molecule has 2 aromatic heterocycles. The largest absolute Gasteiger partial charge is 0.391 e. The zero-order valence-corrected chi connectivity index (χ0v) is 19.6. The fourth-order valence-electron chi connectivity index (χ4n) is 4.53. The third-order valence-electron chi connectivity index (χ3n) is 6.37. The lowest BCUT2D eigenvalue weighted by Gasteiger charge is -2.27. The number of allylic oxidation sites excluding steroid dienone is 3. The van der Waals surface area contributed by atoms with Crippen LogP contribution in [-0.4, -0.2) is 47.3 Å². The monoisotopic (exact) mass is 455 g/mol. The average Bonchev–Trinajstić information content (AvgIpc) is 3.31. The van der Waals surface area contributed by atoms with Crippen molar-refractivity contribution in [2.75, 3.05) is 36.4 Å². The highest BCUT2D eigenvalue weighted by atomic mass is 15.2. The molecule has 0 unspecified atom stereocenters. The van der Waals surface area contributed by atoms with Gasteiger partial charge in [0.15, 0.2) is 0 Å². The molecule has 0 spiro atoms. The van der Waals surface area contributed by atoms with E-state index >= 15 is 0 Å². The van der Waals surface area contributed by atoms with Crippen LogP contribution in [0.1, 0.15) is 38.5 Å². The van der Waals surface area contributed by atoms with Gasteiger partial charge in [0.05, 0.1) is 11.1 Å². The first-order chi connectivity index (χ1) is 16.9. The molecule has 3 N–H and O–H groups in total. The quantitative estimate of drug-likeness (QED) is 0.499. The number of rotatable bonds is 4. The Hall–Kier alpha value is -3.61. The summed E-state index contributed by atoms with van der Waals surface area (Å²) in [5, 5.41) is 7.91.